The van der Waals surface area contributed by atoms with Gasteiger partial charge in [-0.3, -0.25) is 4.98 Å². The number of aromatic nitrogens is 1. The van der Waals surface area contributed by atoms with Gasteiger partial charge >= 0.3 is 0 Å². The van der Waals surface area contributed by atoms with E-state index in [-0.39, 0.29) is 0 Å². The lowest BCUT2D eigenvalue weighted by Gasteiger charge is -1.89. The van der Waals surface area contributed by atoms with Gasteiger partial charge in [-0.05, 0) is 22.9 Å². The largest absolute Gasteiger partial charge is 0.255 e. The van der Waals surface area contributed by atoms with E-state index < -0.39 is 0 Å². The molecule has 0 N–H and O–H groups in total. The quantitative estimate of drug-likeness (QED) is 0.530. The third kappa shape index (κ3) is 0.750. The standard InChI is InChI=1S/C9H5NS2/c1-3-11-8-6(1)5-10-7-2-4-12-9(7)8/h1-5H. The first-order valence-electron chi connectivity index (χ1n) is 3.64. The molecule has 1 nitrogen and oxygen atoms in total. The van der Waals surface area contributed by atoms with Crippen LogP contribution in [0.25, 0.3) is 20.3 Å². The average Bonchev–Trinajstić information content (AvgIpc) is 2.71. The van der Waals surface area contributed by atoms with Crippen molar-refractivity contribution in [3.63, 3.8) is 0 Å². The highest BCUT2D eigenvalue weighted by atomic mass is 32.1. The Morgan fingerprint density at radius 3 is 2.83 bits per heavy atom. The average molecular weight is 191 g/mol. The molecule has 0 saturated carbocycles. The van der Waals surface area contributed by atoms with Crippen LogP contribution in [-0.4, -0.2) is 4.98 Å². The van der Waals surface area contributed by atoms with Crippen LogP contribution in [0.15, 0.2) is 29.1 Å². The fourth-order valence-corrected chi connectivity index (χ4v) is 3.23. The monoisotopic (exact) mass is 191 g/mol. The minimum Gasteiger partial charge on any atom is -0.255 e. The fourth-order valence-electron chi connectivity index (χ4n) is 1.32. The topological polar surface area (TPSA) is 12.9 Å². The van der Waals surface area contributed by atoms with Crippen LogP contribution in [0.2, 0.25) is 0 Å². The molecule has 0 atom stereocenters. The minimum absolute atomic E-state index is 1.12. The van der Waals surface area contributed by atoms with Crippen LogP contribution in [0, 0.1) is 0 Å². The van der Waals surface area contributed by atoms with Gasteiger partial charge in [0.25, 0.3) is 0 Å². The third-order valence-electron chi connectivity index (χ3n) is 1.89. The molecule has 0 radical (unpaired) electrons. The van der Waals surface area contributed by atoms with E-state index in [4.69, 9.17) is 0 Å². The van der Waals surface area contributed by atoms with Crippen molar-refractivity contribution in [1.29, 1.82) is 0 Å². The van der Waals surface area contributed by atoms with Crippen molar-refractivity contribution in [3.05, 3.63) is 29.1 Å². The van der Waals surface area contributed by atoms with Crippen LogP contribution in [-0.2, 0) is 0 Å². The number of pyridine rings is 1. The first-order valence-corrected chi connectivity index (χ1v) is 5.40. The second kappa shape index (κ2) is 2.28. The maximum atomic E-state index is 4.36. The third-order valence-corrected chi connectivity index (χ3v) is 3.89. The van der Waals surface area contributed by atoms with Crippen LogP contribution in [0.5, 0.6) is 0 Å². The summed E-state index contributed by atoms with van der Waals surface area (Å²) < 4.78 is 2.69. The predicted molar refractivity (Wildman–Crippen MR) is 55.0 cm³/mol. The molecule has 0 bridgehead atoms. The van der Waals surface area contributed by atoms with Gasteiger partial charge in [-0.2, -0.15) is 0 Å². The SMILES string of the molecule is c1cc2cnc3ccsc3c2s1. The predicted octanol–water partition coefficient (Wildman–Crippen LogP) is 3.51. The number of hydrogen-bond donors (Lipinski definition) is 0. The van der Waals surface area contributed by atoms with Gasteiger partial charge in [0.05, 0.1) is 14.9 Å². The van der Waals surface area contributed by atoms with Crippen LogP contribution >= 0.6 is 22.7 Å². The highest BCUT2D eigenvalue weighted by Crippen LogP contribution is 2.31. The van der Waals surface area contributed by atoms with Gasteiger partial charge in [0.2, 0.25) is 0 Å². The lowest BCUT2D eigenvalue weighted by molar-refractivity contribution is 1.47. The van der Waals surface area contributed by atoms with E-state index in [1.54, 1.807) is 22.7 Å². The van der Waals surface area contributed by atoms with Gasteiger partial charge in [-0.15, -0.1) is 22.7 Å². The van der Waals surface area contributed by atoms with Gasteiger partial charge in [0.15, 0.2) is 0 Å². The zero-order chi connectivity index (χ0) is 7.97. The second-order valence-electron chi connectivity index (χ2n) is 2.60. The summed E-state index contributed by atoms with van der Waals surface area (Å²) in [6.45, 7) is 0. The highest BCUT2D eigenvalue weighted by Gasteiger charge is 2.02. The zero-order valence-electron chi connectivity index (χ0n) is 6.15. The van der Waals surface area contributed by atoms with Crippen molar-refractivity contribution in [2.24, 2.45) is 0 Å². The maximum Gasteiger partial charge on any atom is 0.0824 e. The summed E-state index contributed by atoms with van der Waals surface area (Å²) in [4.78, 5) is 4.36. The molecule has 0 aliphatic heterocycles. The fraction of sp³-hybridized carbons (Fsp3) is 0. The van der Waals surface area contributed by atoms with Crippen LogP contribution in [0.3, 0.4) is 0 Å². The molecule has 0 fully saturated rings. The van der Waals surface area contributed by atoms with Gasteiger partial charge in [-0.1, -0.05) is 0 Å². The van der Waals surface area contributed by atoms with Crippen molar-refractivity contribution in [2.75, 3.05) is 0 Å². The van der Waals surface area contributed by atoms with Crippen molar-refractivity contribution in [2.45, 2.75) is 0 Å². The molecular formula is C9H5NS2. The van der Waals surface area contributed by atoms with Gasteiger partial charge in [0.1, 0.15) is 0 Å². The summed E-state index contributed by atoms with van der Waals surface area (Å²) in [6, 6.07) is 4.19. The Morgan fingerprint density at radius 1 is 1.00 bits per heavy atom. The second-order valence-corrected chi connectivity index (χ2v) is 4.43. The van der Waals surface area contributed by atoms with E-state index in [1.165, 1.54) is 14.8 Å². The first kappa shape index (κ1) is 6.57. The Labute approximate surface area is 77.3 Å². The number of hydrogen-bond acceptors (Lipinski definition) is 3. The van der Waals surface area contributed by atoms with E-state index in [0.717, 1.165) is 5.52 Å². The maximum absolute atomic E-state index is 4.36. The molecule has 0 unspecified atom stereocenters. The summed E-state index contributed by atoms with van der Waals surface area (Å²) in [5, 5.41) is 5.47. The summed E-state index contributed by atoms with van der Waals surface area (Å²) in [5.41, 5.74) is 1.12. The van der Waals surface area contributed by atoms with E-state index in [2.05, 4.69) is 27.9 Å². The van der Waals surface area contributed by atoms with E-state index >= 15 is 0 Å². The molecular weight excluding hydrogens is 186 g/mol. The van der Waals surface area contributed by atoms with Crippen LogP contribution < -0.4 is 0 Å². The van der Waals surface area contributed by atoms with Crippen molar-refractivity contribution >= 4 is 43.0 Å². The van der Waals surface area contributed by atoms with Crippen LogP contribution in [0.1, 0.15) is 0 Å². The van der Waals surface area contributed by atoms with Crippen molar-refractivity contribution in [3.8, 4) is 0 Å². The number of nitrogens with zero attached hydrogens (tertiary/aromatic N) is 1. The zero-order valence-corrected chi connectivity index (χ0v) is 7.78. The highest BCUT2D eigenvalue weighted by molar-refractivity contribution is 7.25. The Hall–Kier alpha value is -0.930. The molecule has 12 heavy (non-hydrogen) atoms. The number of thiophene rings is 2. The van der Waals surface area contributed by atoms with Gasteiger partial charge in [0, 0.05) is 11.6 Å². The smallest absolute Gasteiger partial charge is 0.0824 e. The lowest BCUT2D eigenvalue weighted by Crippen LogP contribution is -1.69. The summed E-state index contributed by atoms with van der Waals surface area (Å²) in [6.07, 6.45) is 1.95. The van der Waals surface area contributed by atoms with Gasteiger partial charge in [-0.25, -0.2) is 0 Å². The van der Waals surface area contributed by atoms with Gasteiger partial charge < -0.3 is 0 Å². The molecule has 3 aromatic rings. The molecule has 3 aromatic heterocycles. The lowest BCUT2D eigenvalue weighted by atomic mass is 10.3. The minimum atomic E-state index is 1.12. The van der Waals surface area contributed by atoms with Crippen molar-refractivity contribution in [1.82, 2.24) is 4.98 Å². The first-order chi connectivity index (χ1) is 5.95. The summed E-state index contributed by atoms with van der Waals surface area (Å²) >= 11 is 3.56. The van der Waals surface area contributed by atoms with Crippen molar-refractivity contribution < 1.29 is 0 Å². The molecule has 3 rings (SSSR count). The Balaban J connectivity index is 2.71. The number of fused-ring (bicyclic) bond motifs is 3. The Kier molecular flexibility index (Phi) is 1.25. The Morgan fingerprint density at radius 2 is 1.83 bits per heavy atom. The molecule has 0 aliphatic rings. The van der Waals surface area contributed by atoms with E-state index in [0.29, 0.717) is 0 Å². The molecule has 0 aliphatic carbocycles. The molecule has 3 heteroatoms. The molecule has 0 spiro atoms. The normalized spacial score (nSPS) is 11.3. The molecule has 58 valence electrons. The molecule has 0 saturated heterocycles. The van der Waals surface area contributed by atoms with E-state index in [9.17, 15) is 0 Å². The van der Waals surface area contributed by atoms with Crippen LogP contribution in [0.4, 0.5) is 0 Å². The summed E-state index contributed by atoms with van der Waals surface area (Å²) in [5.74, 6) is 0. The molecule has 0 amide bonds. The number of rotatable bonds is 0. The molecule has 3 heterocycles. The summed E-state index contributed by atoms with van der Waals surface area (Å²) in [7, 11) is 0. The molecule has 0 aromatic carbocycles. The van der Waals surface area contributed by atoms with E-state index in [1.807, 2.05) is 6.20 Å². The Bertz CT molecular complexity index is 486.